The Morgan fingerprint density at radius 3 is 2.15 bits per heavy atom. The standard InChI is InChI=1S/C4H5F3O5S/c5-4(6,7)13(10,11)12-2-1-3(8)9/h1-2H2,(H,8,9). The maximum Gasteiger partial charge on any atom is 0.523 e. The van der Waals surface area contributed by atoms with Crippen LogP contribution >= 0.6 is 0 Å². The van der Waals surface area contributed by atoms with Gasteiger partial charge in [-0.05, 0) is 0 Å². The van der Waals surface area contributed by atoms with Crippen LogP contribution in [-0.2, 0) is 19.1 Å². The molecule has 0 aromatic carbocycles. The molecule has 1 N–H and O–H groups in total. The largest absolute Gasteiger partial charge is 0.523 e. The summed E-state index contributed by atoms with van der Waals surface area (Å²) in [5.41, 5.74) is -5.51. The highest BCUT2D eigenvalue weighted by molar-refractivity contribution is 7.87. The minimum Gasteiger partial charge on any atom is -0.481 e. The third kappa shape index (κ3) is 4.08. The Kier molecular flexibility index (Phi) is 3.67. The lowest BCUT2D eigenvalue weighted by atomic mass is 10.5. The molecule has 0 heterocycles. The first-order valence-electron chi connectivity index (χ1n) is 2.84. The van der Waals surface area contributed by atoms with Crippen molar-refractivity contribution < 1.29 is 35.7 Å². The van der Waals surface area contributed by atoms with Gasteiger partial charge in [0.05, 0.1) is 13.0 Å². The van der Waals surface area contributed by atoms with Crippen LogP contribution in [-0.4, -0.2) is 31.6 Å². The monoisotopic (exact) mass is 222 g/mol. The van der Waals surface area contributed by atoms with Gasteiger partial charge in [-0.3, -0.25) is 8.98 Å². The van der Waals surface area contributed by atoms with Crippen LogP contribution in [0.15, 0.2) is 0 Å². The Balaban J connectivity index is 4.15. The lowest BCUT2D eigenvalue weighted by Gasteiger charge is -2.06. The predicted octanol–water partition coefficient (Wildman–Crippen LogP) is 0.327. The molecule has 0 aliphatic heterocycles. The number of alkyl halides is 3. The van der Waals surface area contributed by atoms with E-state index in [2.05, 4.69) is 4.18 Å². The SMILES string of the molecule is O=C(O)CCOS(=O)(=O)C(F)(F)F. The highest BCUT2D eigenvalue weighted by atomic mass is 32.2. The Labute approximate surface area is 71.2 Å². The molecule has 9 heteroatoms. The van der Waals surface area contributed by atoms with Crippen LogP contribution in [0, 0.1) is 0 Å². The van der Waals surface area contributed by atoms with Gasteiger partial charge < -0.3 is 5.11 Å². The number of aliphatic carboxylic acids is 1. The van der Waals surface area contributed by atoms with Gasteiger partial charge in [0.1, 0.15) is 0 Å². The lowest BCUT2D eigenvalue weighted by Crippen LogP contribution is -2.26. The molecule has 0 aliphatic rings. The number of rotatable bonds is 4. The number of carboxylic acids is 1. The molecular weight excluding hydrogens is 217 g/mol. The molecular formula is C4H5F3O5S. The zero-order chi connectivity index (χ0) is 10.7. The summed E-state index contributed by atoms with van der Waals surface area (Å²) in [6, 6.07) is 0. The molecule has 0 unspecified atom stereocenters. The van der Waals surface area contributed by atoms with Crippen molar-refractivity contribution in [1.29, 1.82) is 0 Å². The molecule has 13 heavy (non-hydrogen) atoms. The molecule has 0 aromatic rings. The summed E-state index contributed by atoms with van der Waals surface area (Å²) in [4.78, 5) is 9.78. The maximum atomic E-state index is 11.5. The molecule has 0 amide bonds. The molecule has 78 valence electrons. The van der Waals surface area contributed by atoms with Gasteiger partial charge in [0.25, 0.3) is 0 Å². The van der Waals surface area contributed by atoms with Gasteiger partial charge in [0, 0.05) is 0 Å². The molecule has 0 fully saturated rings. The normalized spacial score (nSPS) is 12.8. The van der Waals surface area contributed by atoms with E-state index < -0.39 is 34.6 Å². The molecule has 0 saturated heterocycles. The molecule has 0 atom stereocenters. The van der Waals surface area contributed by atoms with Crippen molar-refractivity contribution in [2.75, 3.05) is 6.61 Å². The number of carboxylic acid groups (broad SMARTS) is 1. The topological polar surface area (TPSA) is 80.7 Å². The Morgan fingerprint density at radius 2 is 1.85 bits per heavy atom. The van der Waals surface area contributed by atoms with Crippen LogP contribution < -0.4 is 0 Å². The second kappa shape index (κ2) is 3.92. The van der Waals surface area contributed by atoms with Crippen LogP contribution in [0.25, 0.3) is 0 Å². The first kappa shape index (κ1) is 12.2. The van der Waals surface area contributed by atoms with E-state index in [9.17, 15) is 26.4 Å². The highest BCUT2D eigenvalue weighted by Crippen LogP contribution is 2.24. The minimum absolute atomic E-state index is 0.810. The molecule has 0 aliphatic carbocycles. The van der Waals surface area contributed by atoms with Crippen molar-refractivity contribution >= 4 is 16.1 Å². The maximum absolute atomic E-state index is 11.5. The zero-order valence-corrected chi connectivity index (χ0v) is 6.85. The minimum atomic E-state index is -5.66. The molecule has 0 spiro atoms. The van der Waals surface area contributed by atoms with E-state index in [-0.39, 0.29) is 0 Å². The Hall–Kier alpha value is -0.830. The van der Waals surface area contributed by atoms with Gasteiger partial charge in [0.2, 0.25) is 0 Å². The van der Waals surface area contributed by atoms with E-state index in [1.807, 2.05) is 0 Å². The second-order valence-corrected chi connectivity index (χ2v) is 3.47. The van der Waals surface area contributed by atoms with E-state index in [0.717, 1.165) is 0 Å². The Morgan fingerprint density at radius 1 is 1.38 bits per heavy atom. The number of hydrogen-bond acceptors (Lipinski definition) is 4. The van der Waals surface area contributed by atoms with E-state index in [4.69, 9.17) is 5.11 Å². The average molecular weight is 222 g/mol. The molecule has 5 nitrogen and oxygen atoms in total. The molecule has 0 aromatic heterocycles. The third-order valence-corrected chi connectivity index (χ3v) is 1.88. The van der Waals surface area contributed by atoms with E-state index in [0.29, 0.717) is 0 Å². The fraction of sp³-hybridized carbons (Fsp3) is 0.750. The third-order valence-electron chi connectivity index (χ3n) is 0.838. The summed E-state index contributed by atoms with van der Waals surface area (Å²) in [6.07, 6.45) is -0.810. The first-order valence-corrected chi connectivity index (χ1v) is 4.25. The van der Waals surface area contributed by atoms with Gasteiger partial charge in [0.15, 0.2) is 0 Å². The van der Waals surface area contributed by atoms with E-state index >= 15 is 0 Å². The quantitative estimate of drug-likeness (QED) is 0.547. The zero-order valence-electron chi connectivity index (χ0n) is 6.04. The van der Waals surface area contributed by atoms with E-state index in [1.54, 1.807) is 0 Å². The highest BCUT2D eigenvalue weighted by Gasteiger charge is 2.47. The van der Waals surface area contributed by atoms with Crippen LogP contribution in [0.3, 0.4) is 0 Å². The molecule has 0 radical (unpaired) electrons. The first-order chi connectivity index (χ1) is 5.67. The summed E-state index contributed by atoms with van der Waals surface area (Å²) in [7, 11) is -5.66. The molecule has 0 saturated carbocycles. The van der Waals surface area contributed by atoms with Crippen LogP contribution in [0.1, 0.15) is 6.42 Å². The van der Waals surface area contributed by atoms with Crippen molar-refractivity contribution in [1.82, 2.24) is 0 Å². The van der Waals surface area contributed by atoms with Crippen molar-refractivity contribution in [2.24, 2.45) is 0 Å². The smallest absolute Gasteiger partial charge is 0.481 e. The fourth-order valence-corrected chi connectivity index (χ4v) is 0.742. The van der Waals surface area contributed by atoms with Gasteiger partial charge in [-0.25, -0.2) is 0 Å². The Bertz CT molecular complexity index is 279. The van der Waals surface area contributed by atoms with Gasteiger partial charge in [-0.15, -0.1) is 0 Å². The summed E-state index contributed by atoms with van der Waals surface area (Å²) in [6.45, 7) is -1.03. The summed E-state index contributed by atoms with van der Waals surface area (Å²) >= 11 is 0. The number of halogens is 3. The van der Waals surface area contributed by atoms with Crippen LogP contribution in [0.5, 0.6) is 0 Å². The fourth-order valence-electron chi connectivity index (χ4n) is 0.306. The van der Waals surface area contributed by atoms with Crippen molar-refractivity contribution in [2.45, 2.75) is 11.9 Å². The lowest BCUT2D eigenvalue weighted by molar-refractivity contribution is -0.137. The molecule has 0 bridgehead atoms. The van der Waals surface area contributed by atoms with Crippen LogP contribution in [0.4, 0.5) is 13.2 Å². The van der Waals surface area contributed by atoms with Crippen molar-refractivity contribution in [3.8, 4) is 0 Å². The van der Waals surface area contributed by atoms with E-state index in [1.165, 1.54) is 0 Å². The second-order valence-electron chi connectivity index (χ2n) is 1.87. The van der Waals surface area contributed by atoms with Gasteiger partial charge in [-0.2, -0.15) is 21.6 Å². The average Bonchev–Trinajstić information content (AvgIpc) is 1.82. The summed E-state index contributed by atoms with van der Waals surface area (Å²) in [5.74, 6) is -1.45. The summed E-state index contributed by atoms with van der Waals surface area (Å²) in [5, 5.41) is 7.96. The van der Waals surface area contributed by atoms with Crippen molar-refractivity contribution in [3.05, 3.63) is 0 Å². The van der Waals surface area contributed by atoms with Crippen LogP contribution in [0.2, 0.25) is 0 Å². The number of carbonyl (C=O) groups is 1. The molecule has 0 rings (SSSR count). The van der Waals surface area contributed by atoms with Crippen molar-refractivity contribution in [3.63, 3.8) is 0 Å². The predicted molar refractivity (Wildman–Crippen MR) is 33.2 cm³/mol. The van der Waals surface area contributed by atoms with Gasteiger partial charge >= 0.3 is 21.6 Å². The van der Waals surface area contributed by atoms with Gasteiger partial charge in [-0.1, -0.05) is 0 Å². The summed E-state index contributed by atoms with van der Waals surface area (Å²) < 4.78 is 58.1. The number of hydrogen-bond donors (Lipinski definition) is 1.